The van der Waals surface area contributed by atoms with Crippen LogP contribution in [0.3, 0.4) is 0 Å². The highest BCUT2D eigenvalue weighted by Crippen LogP contribution is 2.40. The lowest BCUT2D eigenvalue weighted by atomic mass is 10.1. The van der Waals surface area contributed by atoms with Crippen LogP contribution < -0.4 is 10.6 Å². The molecule has 7 heteroatoms. The van der Waals surface area contributed by atoms with E-state index in [0.717, 1.165) is 12.1 Å². The van der Waals surface area contributed by atoms with Crippen molar-refractivity contribution < 1.29 is 17.6 Å². The largest absolute Gasteiger partial charge is 0.418 e. The van der Waals surface area contributed by atoms with Crippen LogP contribution in [-0.4, -0.2) is 7.05 Å². The second-order valence-corrected chi connectivity index (χ2v) is 4.84. The molecule has 0 atom stereocenters. The Morgan fingerprint density at radius 2 is 1.76 bits per heavy atom. The van der Waals surface area contributed by atoms with Crippen molar-refractivity contribution in [3.05, 3.63) is 52.8 Å². The van der Waals surface area contributed by atoms with E-state index in [4.69, 9.17) is 17.3 Å². The summed E-state index contributed by atoms with van der Waals surface area (Å²) in [5.74, 6) is -0.637. The summed E-state index contributed by atoms with van der Waals surface area (Å²) in [6.45, 7) is 0. The van der Waals surface area contributed by atoms with Crippen LogP contribution in [0.25, 0.3) is 0 Å². The summed E-state index contributed by atoms with van der Waals surface area (Å²) < 4.78 is 52.4. The first-order valence-corrected chi connectivity index (χ1v) is 6.23. The molecule has 0 bridgehead atoms. The topological polar surface area (TPSA) is 29.3 Å². The molecule has 0 fully saturated rings. The van der Waals surface area contributed by atoms with Crippen molar-refractivity contribution in [2.75, 3.05) is 17.7 Å². The van der Waals surface area contributed by atoms with Crippen molar-refractivity contribution in [2.24, 2.45) is 0 Å². The highest BCUT2D eigenvalue weighted by atomic mass is 35.5. The summed E-state index contributed by atoms with van der Waals surface area (Å²) in [4.78, 5) is 1.27. The third-order valence-electron chi connectivity index (χ3n) is 2.98. The Balaban J connectivity index is 2.52. The molecule has 0 aliphatic rings. The molecule has 21 heavy (non-hydrogen) atoms. The lowest BCUT2D eigenvalue weighted by Gasteiger charge is -2.24. The van der Waals surface area contributed by atoms with E-state index in [-0.39, 0.29) is 16.4 Å². The minimum Gasteiger partial charge on any atom is -0.399 e. The second-order valence-electron chi connectivity index (χ2n) is 4.43. The van der Waals surface area contributed by atoms with Crippen LogP contribution in [0.15, 0.2) is 36.4 Å². The Kier molecular flexibility index (Phi) is 4.00. The highest BCUT2D eigenvalue weighted by Gasteiger charge is 2.34. The number of nitrogens with zero attached hydrogens (tertiary/aromatic N) is 1. The molecule has 2 nitrogen and oxygen atoms in total. The molecule has 2 aromatic carbocycles. The van der Waals surface area contributed by atoms with Crippen LogP contribution >= 0.6 is 11.6 Å². The Hall–Kier alpha value is -1.95. The summed E-state index contributed by atoms with van der Waals surface area (Å²) in [7, 11) is 1.43. The number of hydrogen-bond acceptors (Lipinski definition) is 2. The van der Waals surface area contributed by atoms with E-state index in [1.165, 1.54) is 36.2 Å². The minimum atomic E-state index is -4.55. The summed E-state index contributed by atoms with van der Waals surface area (Å²) in [6.07, 6.45) is -4.55. The zero-order valence-corrected chi connectivity index (χ0v) is 11.6. The number of halogens is 5. The average Bonchev–Trinajstić information content (AvgIpc) is 2.40. The Bertz CT molecular complexity index is 671. The molecule has 0 unspecified atom stereocenters. The van der Waals surface area contributed by atoms with Gasteiger partial charge in [-0.25, -0.2) is 4.39 Å². The van der Waals surface area contributed by atoms with E-state index < -0.39 is 17.6 Å². The van der Waals surface area contributed by atoms with Crippen molar-refractivity contribution in [1.29, 1.82) is 0 Å². The van der Waals surface area contributed by atoms with Crippen LogP contribution in [0.5, 0.6) is 0 Å². The van der Waals surface area contributed by atoms with Gasteiger partial charge in [-0.05, 0) is 36.4 Å². The smallest absolute Gasteiger partial charge is 0.399 e. The molecule has 0 heterocycles. The quantitative estimate of drug-likeness (QED) is 0.633. The number of nitrogen functional groups attached to an aromatic ring is 1. The number of anilines is 3. The Labute approximate surface area is 123 Å². The van der Waals surface area contributed by atoms with Gasteiger partial charge < -0.3 is 10.6 Å². The fraction of sp³-hybridized carbons (Fsp3) is 0.143. The standard InChI is InChI=1S/C14H11ClF4N2/c1-21(9-3-4-12(16)11(15)7-9)13-5-2-8(20)6-10(13)14(17,18)19/h2-7H,20H2,1H3. The van der Waals surface area contributed by atoms with Gasteiger partial charge in [-0.2, -0.15) is 13.2 Å². The third-order valence-corrected chi connectivity index (χ3v) is 3.27. The van der Waals surface area contributed by atoms with E-state index >= 15 is 0 Å². The average molecular weight is 319 g/mol. The Morgan fingerprint density at radius 1 is 1.10 bits per heavy atom. The van der Waals surface area contributed by atoms with Crippen LogP contribution in [0.1, 0.15) is 5.56 Å². The van der Waals surface area contributed by atoms with Gasteiger partial charge in [0.2, 0.25) is 0 Å². The van der Waals surface area contributed by atoms with Gasteiger partial charge in [-0.15, -0.1) is 0 Å². The van der Waals surface area contributed by atoms with Crippen molar-refractivity contribution in [3.8, 4) is 0 Å². The van der Waals surface area contributed by atoms with Gasteiger partial charge in [0.25, 0.3) is 0 Å². The normalized spacial score (nSPS) is 11.5. The maximum atomic E-state index is 13.1. The predicted octanol–water partition coefficient (Wildman–Crippen LogP) is 4.85. The first kappa shape index (κ1) is 15.4. The predicted molar refractivity (Wildman–Crippen MR) is 75.3 cm³/mol. The first-order valence-electron chi connectivity index (χ1n) is 5.85. The van der Waals surface area contributed by atoms with Crippen molar-refractivity contribution in [1.82, 2.24) is 0 Å². The van der Waals surface area contributed by atoms with E-state index in [9.17, 15) is 17.6 Å². The van der Waals surface area contributed by atoms with Crippen molar-refractivity contribution >= 4 is 28.7 Å². The molecule has 0 amide bonds. The van der Waals surface area contributed by atoms with Crippen LogP contribution in [0.2, 0.25) is 5.02 Å². The maximum Gasteiger partial charge on any atom is 0.418 e. The van der Waals surface area contributed by atoms with E-state index in [1.54, 1.807) is 0 Å². The molecular weight excluding hydrogens is 308 g/mol. The maximum absolute atomic E-state index is 13.1. The second kappa shape index (κ2) is 5.44. The summed E-state index contributed by atoms with van der Waals surface area (Å²) in [5, 5.41) is -0.164. The van der Waals surface area contributed by atoms with E-state index in [1.807, 2.05) is 0 Å². The van der Waals surface area contributed by atoms with Gasteiger partial charge in [-0.3, -0.25) is 0 Å². The third kappa shape index (κ3) is 3.21. The van der Waals surface area contributed by atoms with Crippen LogP contribution in [-0.2, 0) is 6.18 Å². The molecule has 2 aromatic rings. The minimum absolute atomic E-state index is 0.0108. The molecule has 0 spiro atoms. The van der Waals surface area contributed by atoms with Gasteiger partial charge >= 0.3 is 6.18 Å². The molecule has 0 aliphatic carbocycles. The molecule has 0 saturated carbocycles. The fourth-order valence-corrected chi connectivity index (χ4v) is 2.08. The van der Waals surface area contributed by atoms with Gasteiger partial charge in [0.1, 0.15) is 5.82 Å². The number of nitrogens with two attached hydrogens (primary N) is 1. The zero-order valence-electron chi connectivity index (χ0n) is 10.9. The lowest BCUT2D eigenvalue weighted by Crippen LogP contribution is -2.17. The summed E-state index contributed by atoms with van der Waals surface area (Å²) in [5.41, 5.74) is 4.79. The monoisotopic (exact) mass is 318 g/mol. The van der Waals surface area contributed by atoms with Gasteiger partial charge in [0.05, 0.1) is 16.3 Å². The van der Waals surface area contributed by atoms with Crippen LogP contribution in [0.4, 0.5) is 34.6 Å². The molecule has 2 rings (SSSR count). The van der Waals surface area contributed by atoms with Gasteiger partial charge in [0, 0.05) is 18.4 Å². The lowest BCUT2D eigenvalue weighted by molar-refractivity contribution is -0.137. The van der Waals surface area contributed by atoms with Gasteiger partial charge in [-0.1, -0.05) is 11.6 Å². The fourth-order valence-electron chi connectivity index (χ4n) is 1.91. The SMILES string of the molecule is CN(c1ccc(F)c(Cl)c1)c1ccc(N)cc1C(F)(F)F. The summed E-state index contributed by atoms with van der Waals surface area (Å²) in [6, 6.07) is 7.18. The first-order chi connectivity index (χ1) is 9.70. The summed E-state index contributed by atoms with van der Waals surface area (Å²) >= 11 is 5.66. The van der Waals surface area contributed by atoms with E-state index in [0.29, 0.717) is 5.69 Å². The van der Waals surface area contributed by atoms with Gasteiger partial charge in [0.15, 0.2) is 0 Å². The number of benzene rings is 2. The van der Waals surface area contributed by atoms with E-state index in [2.05, 4.69) is 0 Å². The molecule has 0 aromatic heterocycles. The molecule has 0 saturated heterocycles. The number of hydrogen-bond donors (Lipinski definition) is 1. The number of alkyl halides is 3. The Morgan fingerprint density at radius 3 is 2.33 bits per heavy atom. The molecule has 0 aliphatic heterocycles. The molecule has 0 radical (unpaired) electrons. The van der Waals surface area contributed by atoms with Crippen molar-refractivity contribution in [2.45, 2.75) is 6.18 Å². The molecular formula is C14H11ClF4N2. The van der Waals surface area contributed by atoms with Crippen LogP contribution in [0, 0.1) is 5.82 Å². The number of rotatable bonds is 2. The van der Waals surface area contributed by atoms with Crippen molar-refractivity contribution in [3.63, 3.8) is 0 Å². The molecule has 2 N–H and O–H groups in total. The highest BCUT2D eigenvalue weighted by molar-refractivity contribution is 6.31. The zero-order chi connectivity index (χ0) is 15.8. The molecule has 112 valence electrons.